The highest BCUT2D eigenvalue weighted by Crippen LogP contribution is 2.09. The van der Waals surface area contributed by atoms with Gasteiger partial charge >= 0.3 is 9.28 Å². The van der Waals surface area contributed by atoms with E-state index >= 15 is 0 Å². The van der Waals surface area contributed by atoms with Crippen LogP contribution in [-0.2, 0) is 8.85 Å². The number of hydrogen-bond donors (Lipinski definition) is 0. The van der Waals surface area contributed by atoms with Crippen LogP contribution >= 0.6 is 0 Å². The predicted molar refractivity (Wildman–Crippen MR) is 71.2 cm³/mol. The summed E-state index contributed by atoms with van der Waals surface area (Å²) >= 11 is 0. The van der Waals surface area contributed by atoms with Crippen molar-refractivity contribution >= 4 is 20.0 Å². The van der Waals surface area contributed by atoms with Crippen LogP contribution in [0.1, 0.15) is 26.3 Å². The Bertz CT molecular complexity index is 344. The second-order valence-corrected chi connectivity index (χ2v) is 5.65. The van der Waals surface area contributed by atoms with Crippen molar-refractivity contribution in [1.29, 1.82) is 0 Å². The predicted octanol–water partition coefficient (Wildman–Crippen LogP) is 2.22. The van der Waals surface area contributed by atoms with Crippen molar-refractivity contribution in [3.8, 4) is 0 Å². The van der Waals surface area contributed by atoms with Gasteiger partial charge in [-0.3, -0.25) is 0 Å². The highest BCUT2D eigenvalue weighted by Gasteiger charge is 2.15. The van der Waals surface area contributed by atoms with Crippen LogP contribution in [0.25, 0.3) is 5.57 Å². The van der Waals surface area contributed by atoms with E-state index < -0.39 is 9.28 Å². The van der Waals surface area contributed by atoms with Crippen LogP contribution in [0.15, 0.2) is 30.8 Å². The fourth-order valence-corrected chi connectivity index (χ4v) is 3.16. The van der Waals surface area contributed by atoms with E-state index in [1.165, 1.54) is 5.19 Å². The lowest BCUT2D eigenvalue weighted by molar-refractivity contribution is 0.225. The summed E-state index contributed by atoms with van der Waals surface area (Å²) in [5, 5.41) is 1.18. The summed E-state index contributed by atoms with van der Waals surface area (Å²) < 4.78 is 11.4. The molecule has 1 aromatic rings. The molecule has 2 nitrogen and oxygen atoms in total. The van der Waals surface area contributed by atoms with Gasteiger partial charge in [0.25, 0.3) is 0 Å². The minimum Gasteiger partial charge on any atom is -0.394 e. The lowest BCUT2D eigenvalue weighted by Crippen LogP contribution is -2.37. The summed E-state index contributed by atoms with van der Waals surface area (Å²) in [6.07, 6.45) is 0. The zero-order valence-corrected chi connectivity index (χ0v) is 11.5. The Labute approximate surface area is 99.7 Å². The summed E-state index contributed by atoms with van der Waals surface area (Å²) in [7, 11) is -1.70. The topological polar surface area (TPSA) is 18.5 Å². The van der Waals surface area contributed by atoms with Crippen LogP contribution in [0.5, 0.6) is 0 Å². The molecule has 0 amide bonds. The van der Waals surface area contributed by atoms with E-state index in [1.54, 1.807) is 0 Å². The Balaban J connectivity index is 2.90. The Morgan fingerprint density at radius 3 is 2.38 bits per heavy atom. The number of benzene rings is 1. The number of allylic oxidation sites excluding steroid dienone is 1. The molecule has 0 N–H and O–H groups in total. The highest BCUT2D eigenvalue weighted by molar-refractivity contribution is 6.61. The van der Waals surface area contributed by atoms with Crippen LogP contribution < -0.4 is 5.19 Å². The molecule has 0 unspecified atom stereocenters. The van der Waals surface area contributed by atoms with Crippen LogP contribution in [0.4, 0.5) is 0 Å². The maximum Gasteiger partial charge on any atom is 0.355 e. The fourth-order valence-electron chi connectivity index (χ4n) is 1.49. The Hall–Kier alpha value is -0.903. The second kappa shape index (κ2) is 6.63. The van der Waals surface area contributed by atoms with Gasteiger partial charge in [-0.1, -0.05) is 36.4 Å². The average molecular weight is 236 g/mol. The zero-order valence-electron chi connectivity index (χ0n) is 10.3. The van der Waals surface area contributed by atoms with E-state index in [2.05, 4.69) is 24.8 Å². The molecule has 0 heterocycles. The van der Waals surface area contributed by atoms with Crippen molar-refractivity contribution in [3.05, 3.63) is 36.4 Å². The van der Waals surface area contributed by atoms with Gasteiger partial charge in [-0.05, 0) is 31.5 Å². The zero-order chi connectivity index (χ0) is 12.0. The van der Waals surface area contributed by atoms with E-state index in [9.17, 15) is 0 Å². The molecule has 0 saturated carbocycles. The lowest BCUT2D eigenvalue weighted by atomic mass is 10.1. The molecule has 0 aliphatic heterocycles. The van der Waals surface area contributed by atoms with E-state index in [-0.39, 0.29) is 0 Å². The molecule has 16 heavy (non-hydrogen) atoms. The Morgan fingerprint density at radius 2 is 1.88 bits per heavy atom. The summed E-state index contributed by atoms with van der Waals surface area (Å²) in [6, 6.07) is 8.31. The molecule has 0 fully saturated rings. The normalized spacial score (nSPS) is 10.8. The molecule has 0 aliphatic rings. The van der Waals surface area contributed by atoms with Gasteiger partial charge in [0.1, 0.15) is 0 Å². The maximum atomic E-state index is 5.69. The van der Waals surface area contributed by atoms with Gasteiger partial charge in [-0.2, -0.15) is 0 Å². The first-order valence-electron chi connectivity index (χ1n) is 5.68. The third kappa shape index (κ3) is 3.59. The molecule has 0 bridgehead atoms. The molecule has 0 radical (unpaired) electrons. The van der Waals surface area contributed by atoms with Gasteiger partial charge in [0.05, 0.1) is 0 Å². The van der Waals surface area contributed by atoms with Crippen molar-refractivity contribution in [2.24, 2.45) is 0 Å². The molecule has 0 aromatic heterocycles. The fraction of sp³-hybridized carbons (Fsp3) is 0.385. The molecular formula is C13H20O2Si. The SMILES string of the molecule is C=C(C)c1cccc([SiH](OCC)OCC)c1. The minimum absolute atomic E-state index is 0.703. The first kappa shape index (κ1) is 13.2. The van der Waals surface area contributed by atoms with Crippen LogP contribution in [0, 0.1) is 0 Å². The second-order valence-electron chi connectivity index (χ2n) is 3.65. The van der Waals surface area contributed by atoms with Gasteiger partial charge in [0.2, 0.25) is 0 Å². The van der Waals surface area contributed by atoms with Crippen molar-refractivity contribution in [2.75, 3.05) is 13.2 Å². The molecule has 3 heteroatoms. The maximum absolute atomic E-state index is 5.69. The Morgan fingerprint density at radius 1 is 1.25 bits per heavy atom. The third-order valence-electron chi connectivity index (χ3n) is 2.29. The van der Waals surface area contributed by atoms with Crippen LogP contribution in [0.2, 0.25) is 0 Å². The average Bonchev–Trinajstić information content (AvgIpc) is 2.29. The molecule has 88 valence electrons. The van der Waals surface area contributed by atoms with Crippen molar-refractivity contribution < 1.29 is 8.85 Å². The largest absolute Gasteiger partial charge is 0.394 e. The van der Waals surface area contributed by atoms with E-state index in [0.717, 1.165) is 11.1 Å². The van der Waals surface area contributed by atoms with Crippen molar-refractivity contribution in [3.63, 3.8) is 0 Å². The number of hydrogen-bond acceptors (Lipinski definition) is 2. The van der Waals surface area contributed by atoms with Gasteiger partial charge in [0, 0.05) is 13.2 Å². The summed E-state index contributed by atoms with van der Waals surface area (Å²) in [5.41, 5.74) is 2.23. The first-order chi connectivity index (χ1) is 7.69. The van der Waals surface area contributed by atoms with Gasteiger partial charge < -0.3 is 8.85 Å². The first-order valence-corrected chi connectivity index (χ1v) is 7.20. The third-order valence-corrected chi connectivity index (χ3v) is 4.46. The molecule has 0 saturated heterocycles. The van der Waals surface area contributed by atoms with E-state index in [1.807, 2.05) is 26.8 Å². The summed E-state index contributed by atoms with van der Waals surface area (Å²) in [6.45, 7) is 11.4. The van der Waals surface area contributed by atoms with Crippen LogP contribution in [-0.4, -0.2) is 22.5 Å². The standard InChI is InChI=1S/C13H20O2Si/c1-5-14-16(15-6-2)13-9-7-8-12(10-13)11(3)4/h7-10,16H,3,5-6H2,1-2,4H3. The Kier molecular flexibility index (Phi) is 5.45. The molecule has 0 atom stereocenters. The lowest BCUT2D eigenvalue weighted by Gasteiger charge is -2.15. The molecule has 1 aromatic carbocycles. The summed E-state index contributed by atoms with van der Waals surface area (Å²) in [4.78, 5) is 0. The van der Waals surface area contributed by atoms with Gasteiger partial charge in [-0.15, -0.1) is 0 Å². The molecular weight excluding hydrogens is 216 g/mol. The van der Waals surface area contributed by atoms with Crippen LogP contribution in [0.3, 0.4) is 0 Å². The van der Waals surface area contributed by atoms with E-state index in [0.29, 0.717) is 13.2 Å². The molecule has 0 aliphatic carbocycles. The van der Waals surface area contributed by atoms with Crippen molar-refractivity contribution in [2.45, 2.75) is 20.8 Å². The summed E-state index contributed by atoms with van der Waals surface area (Å²) in [5.74, 6) is 0. The van der Waals surface area contributed by atoms with E-state index in [4.69, 9.17) is 8.85 Å². The monoisotopic (exact) mass is 236 g/mol. The minimum atomic E-state index is -1.70. The van der Waals surface area contributed by atoms with Gasteiger partial charge in [0.15, 0.2) is 0 Å². The quantitative estimate of drug-likeness (QED) is 0.705. The van der Waals surface area contributed by atoms with Gasteiger partial charge in [-0.25, -0.2) is 0 Å². The molecule has 0 spiro atoms. The van der Waals surface area contributed by atoms with Crippen molar-refractivity contribution in [1.82, 2.24) is 0 Å². The smallest absolute Gasteiger partial charge is 0.355 e. The number of rotatable bonds is 6. The molecule has 1 rings (SSSR count). The highest BCUT2D eigenvalue weighted by atomic mass is 28.3.